The predicted molar refractivity (Wildman–Crippen MR) is 123 cm³/mol. The zero-order valence-electron chi connectivity index (χ0n) is 17.9. The van der Waals surface area contributed by atoms with Crippen molar-refractivity contribution in [3.05, 3.63) is 83.4 Å². The Morgan fingerprint density at radius 1 is 1.07 bits per heavy atom. The van der Waals surface area contributed by atoms with Crippen molar-refractivity contribution >= 4 is 16.7 Å². The topological polar surface area (TPSA) is 38.3 Å². The first-order valence-electron chi connectivity index (χ1n) is 11.2. The summed E-state index contributed by atoms with van der Waals surface area (Å²) in [4.78, 5) is 12.1. The molecule has 4 rings (SSSR count). The normalized spacial score (nSPS) is 20.1. The molecule has 0 aromatic heterocycles. The van der Waals surface area contributed by atoms with Gasteiger partial charge in [-0.1, -0.05) is 61.0 Å². The maximum Gasteiger partial charge on any atom is 0.338 e. The van der Waals surface area contributed by atoms with Gasteiger partial charge in [0.1, 0.15) is 0 Å². The quantitative estimate of drug-likeness (QED) is 0.486. The number of fused-ring (bicyclic) bond motifs is 1. The number of carbonyl (C=O) groups excluding carboxylic acids is 1. The fourth-order valence-corrected chi connectivity index (χ4v) is 4.85. The minimum Gasteiger partial charge on any atom is -0.462 e. The van der Waals surface area contributed by atoms with Gasteiger partial charge in [-0.3, -0.25) is 0 Å². The lowest BCUT2D eigenvalue weighted by molar-refractivity contribution is 0.0526. The molecule has 3 aromatic carbocycles. The van der Waals surface area contributed by atoms with Crippen molar-refractivity contribution in [3.63, 3.8) is 0 Å². The van der Waals surface area contributed by atoms with Crippen LogP contribution in [0.3, 0.4) is 0 Å². The summed E-state index contributed by atoms with van der Waals surface area (Å²) in [6.45, 7) is 4.52. The number of carbonyl (C=O) groups is 1. The van der Waals surface area contributed by atoms with Crippen LogP contribution in [-0.4, -0.2) is 18.6 Å². The molecule has 3 aromatic rings. The van der Waals surface area contributed by atoms with Crippen LogP contribution in [0, 0.1) is 0 Å². The lowest BCUT2D eigenvalue weighted by Gasteiger charge is -2.32. The molecule has 2 unspecified atom stereocenters. The molecule has 0 spiro atoms. The Labute approximate surface area is 179 Å². The average Bonchev–Trinajstić information content (AvgIpc) is 2.79. The lowest BCUT2D eigenvalue weighted by atomic mass is 9.80. The van der Waals surface area contributed by atoms with Gasteiger partial charge in [-0.25, -0.2) is 4.79 Å². The third-order valence-electron chi connectivity index (χ3n) is 6.32. The zero-order valence-corrected chi connectivity index (χ0v) is 17.9. The number of ether oxygens (including phenoxy) is 1. The van der Waals surface area contributed by atoms with Gasteiger partial charge in [-0.2, -0.15) is 0 Å². The van der Waals surface area contributed by atoms with Crippen molar-refractivity contribution < 1.29 is 9.53 Å². The first kappa shape index (κ1) is 20.6. The van der Waals surface area contributed by atoms with E-state index < -0.39 is 0 Å². The Morgan fingerprint density at radius 2 is 1.87 bits per heavy atom. The van der Waals surface area contributed by atoms with Gasteiger partial charge in [0.2, 0.25) is 0 Å². The molecule has 0 heterocycles. The van der Waals surface area contributed by atoms with E-state index in [9.17, 15) is 4.79 Å². The Hall–Kier alpha value is -2.65. The van der Waals surface area contributed by atoms with E-state index in [-0.39, 0.29) is 5.97 Å². The average molecular weight is 402 g/mol. The molecular weight excluding hydrogens is 370 g/mol. The number of rotatable bonds is 6. The van der Waals surface area contributed by atoms with Crippen LogP contribution in [0.1, 0.15) is 73.0 Å². The fraction of sp³-hybridized carbons (Fsp3) is 0.370. The van der Waals surface area contributed by atoms with E-state index in [1.165, 1.54) is 41.2 Å². The van der Waals surface area contributed by atoms with Gasteiger partial charge in [-0.05, 0) is 73.1 Å². The number of benzene rings is 3. The molecule has 156 valence electrons. The van der Waals surface area contributed by atoms with Gasteiger partial charge in [0.15, 0.2) is 0 Å². The largest absolute Gasteiger partial charge is 0.462 e. The molecule has 1 aliphatic rings. The molecule has 0 aliphatic heterocycles. The van der Waals surface area contributed by atoms with Crippen molar-refractivity contribution in [2.75, 3.05) is 6.61 Å². The van der Waals surface area contributed by atoms with Gasteiger partial charge in [0.05, 0.1) is 12.2 Å². The highest BCUT2D eigenvalue weighted by Crippen LogP contribution is 2.35. The number of hydrogen-bond acceptors (Lipinski definition) is 3. The molecule has 3 atom stereocenters. The van der Waals surface area contributed by atoms with Gasteiger partial charge in [-0.15, -0.1) is 0 Å². The summed E-state index contributed by atoms with van der Waals surface area (Å²) in [5.74, 6) is 0.250. The maximum absolute atomic E-state index is 12.1. The minimum atomic E-state index is -0.227. The van der Waals surface area contributed by atoms with Crippen LogP contribution in [0.25, 0.3) is 10.8 Å². The second-order valence-corrected chi connectivity index (χ2v) is 8.36. The Bertz CT molecular complexity index is 1010. The molecule has 0 bridgehead atoms. The molecule has 3 heteroatoms. The van der Waals surface area contributed by atoms with Crippen LogP contribution < -0.4 is 5.32 Å². The van der Waals surface area contributed by atoms with Crippen molar-refractivity contribution in [2.24, 2.45) is 0 Å². The van der Waals surface area contributed by atoms with Gasteiger partial charge in [0.25, 0.3) is 0 Å². The summed E-state index contributed by atoms with van der Waals surface area (Å²) < 4.78 is 5.18. The van der Waals surface area contributed by atoms with E-state index in [0.717, 1.165) is 6.42 Å². The summed E-state index contributed by atoms with van der Waals surface area (Å²) in [5.41, 5.74) is 3.28. The number of hydrogen-bond donors (Lipinski definition) is 1. The van der Waals surface area contributed by atoms with Crippen LogP contribution in [0.5, 0.6) is 0 Å². The van der Waals surface area contributed by atoms with Crippen LogP contribution in [-0.2, 0) is 4.74 Å². The Kier molecular flexibility index (Phi) is 6.49. The first-order valence-corrected chi connectivity index (χ1v) is 11.2. The van der Waals surface area contributed by atoms with E-state index in [1.54, 1.807) is 0 Å². The SMILES string of the molecule is CCOC(=O)c1cccc(C2CCCC(N[C@H](C)c3cccc4ccccc34)C2)c1. The fourth-order valence-electron chi connectivity index (χ4n) is 4.85. The molecule has 1 aliphatic carbocycles. The molecule has 1 fully saturated rings. The van der Waals surface area contributed by atoms with Crippen LogP contribution in [0.2, 0.25) is 0 Å². The van der Waals surface area contributed by atoms with E-state index >= 15 is 0 Å². The second kappa shape index (κ2) is 9.44. The van der Waals surface area contributed by atoms with Crippen LogP contribution in [0.4, 0.5) is 0 Å². The lowest BCUT2D eigenvalue weighted by Crippen LogP contribution is -2.35. The number of nitrogens with one attached hydrogen (secondary N) is 1. The molecular formula is C27H31NO2. The van der Waals surface area contributed by atoms with Gasteiger partial charge >= 0.3 is 5.97 Å². The third-order valence-corrected chi connectivity index (χ3v) is 6.32. The minimum absolute atomic E-state index is 0.227. The zero-order chi connectivity index (χ0) is 20.9. The molecule has 0 amide bonds. The highest BCUT2D eigenvalue weighted by molar-refractivity contribution is 5.89. The van der Waals surface area contributed by atoms with E-state index in [0.29, 0.717) is 30.2 Å². The third kappa shape index (κ3) is 4.57. The monoisotopic (exact) mass is 401 g/mol. The second-order valence-electron chi connectivity index (χ2n) is 8.36. The van der Waals surface area contributed by atoms with Gasteiger partial charge < -0.3 is 10.1 Å². The van der Waals surface area contributed by atoms with Crippen molar-refractivity contribution in [1.29, 1.82) is 0 Å². The number of esters is 1. The molecule has 0 saturated heterocycles. The summed E-state index contributed by atoms with van der Waals surface area (Å²) in [5, 5.41) is 6.51. The Morgan fingerprint density at radius 3 is 2.73 bits per heavy atom. The maximum atomic E-state index is 12.1. The highest BCUT2D eigenvalue weighted by atomic mass is 16.5. The molecule has 3 nitrogen and oxygen atoms in total. The molecule has 1 saturated carbocycles. The van der Waals surface area contributed by atoms with Crippen molar-refractivity contribution in [1.82, 2.24) is 5.32 Å². The molecule has 30 heavy (non-hydrogen) atoms. The summed E-state index contributed by atoms with van der Waals surface area (Å²) >= 11 is 0. The van der Waals surface area contributed by atoms with Crippen molar-refractivity contribution in [3.8, 4) is 0 Å². The van der Waals surface area contributed by atoms with E-state index in [4.69, 9.17) is 4.74 Å². The molecule has 1 N–H and O–H groups in total. The van der Waals surface area contributed by atoms with Crippen molar-refractivity contribution in [2.45, 2.75) is 57.5 Å². The van der Waals surface area contributed by atoms with Gasteiger partial charge in [0, 0.05) is 12.1 Å². The van der Waals surface area contributed by atoms with Crippen LogP contribution in [0.15, 0.2) is 66.7 Å². The Balaban J connectivity index is 1.47. The van der Waals surface area contributed by atoms with E-state index in [2.05, 4.69) is 60.8 Å². The summed E-state index contributed by atoms with van der Waals surface area (Å²) in [6.07, 6.45) is 4.67. The highest BCUT2D eigenvalue weighted by Gasteiger charge is 2.25. The molecule has 0 radical (unpaired) electrons. The summed E-state index contributed by atoms with van der Waals surface area (Å²) in [6, 6.07) is 24.0. The van der Waals surface area contributed by atoms with E-state index in [1.807, 2.05) is 25.1 Å². The predicted octanol–water partition coefficient (Wildman–Crippen LogP) is 6.39. The first-order chi connectivity index (χ1) is 14.7. The van der Waals surface area contributed by atoms with Crippen LogP contribution >= 0.6 is 0 Å². The summed E-state index contributed by atoms with van der Waals surface area (Å²) in [7, 11) is 0. The smallest absolute Gasteiger partial charge is 0.338 e. The standard InChI is InChI=1S/C27H31NO2/c1-3-30-27(29)23-13-6-11-21(17-23)22-12-7-14-24(18-22)28-19(2)25-16-8-10-20-9-4-5-15-26(20)25/h4-6,8-11,13,15-17,19,22,24,28H,3,7,12,14,18H2,1-2H3/t19-,22?,24?/m1/s1.